The largest absolute Gasteiger partial charge is 0.349 e. The molecule has 0 bridgehead atoms. The first-order valence-electron chi connectivity index (χ1n) is 6.86. The van der Waals surface area contributed by atoms with Crippen LogP contribution in [0.4, 0.5) is 0 Å². The lowest BCUT2D eigenvalue weighted by atomic mass is 9.96. The number of amides is 1. The number of benzene rings is 1. The summed E-state index contributed by atoms with van der Waals surface area (Å²) in [5.41, 5.74) is 1.06. The summed E-state index contributed by atoms with van der Waals surface area (Å²) in [5.74, 6) is 0.232. The molecule has 3 N–H and O–H groups in total. The monoisotopic (exact) mass is 259 g/mol. The average molecular weight is 259 g/mol. The molecular weight excluding hydrogens is 238 g/mol. The van der Waals surface area contributed by atoms with Crippen molar-refractivity contribution in [2.45, 2.75) is 25.3 Å². The zero-order valence-corrected chi connectivity index (χ0v) is 11.1. The van der Waals surface area contributed by atoms with Gasteiger partial charge in [0.2, 0.25) is 5.91 Å². The van der Waals surface area contributed by atoms with Crippen molar-refractivity contribution in [1.82, 2.24) is 10.6 Å². The first-order chi connectivity index (χ1) is 9.31. The standard InChI is InChI=1S/C15H21N3O/c16-9-6-14(12-4-2-1-3-5-12)18-15(19)13-7-10-17-11-8-13/h1-5,9,13-14,16-17H,6-8,10-11H2,(H,18,19)/t14-/m0/s1. The van der Waals surface area contributed by atoms with Gasteiger partial charge in [0, 0.05) is 12.3 Å². The third-order valence-electron chi connectivity index (χ3n) is 3.58. The molecule has 1 saturated heterocycles. The van der Waals surface area contributed by atoms with Gasteiger partial charge in [-0.1, -0.05) is 30.3 Å². The van der Waals surface area contributed by atoms with Crippen molar-refractivity contribution in [3.8, 4) is 0 Å². The van der Waals surface area contributed by atoms with Crippen molar-refractivity contribution in [2.24, 2.45) is 5.92 Å². The molecule has 4 nitrogen and oxygen atoms in total. The van der Waals surface area contributed by atoms with E-state index in [9.17, 15) is 4.79 Å². The van der Waals surface area contributed by atoms with Crippen molar-refractivity contribution >= 4 is 12.1 Å². The summed E-state index contributed by atoms with van der Waals surface area (Å²) < 4.78 is 0. The maximum Gasteiger partial charge on any atom is 0.223 e. The third kappa shape index (κ3) is 3.89. The topological polar surface area (TPSA) is 65.0 Å². The van der Waals surface area contributed by atoms with Crippen LogP contribution in [0, 0.1) is 11.3 Å². The second kappa shape index (κ2) is 7.04. The van der Waals surface area contributed by atoms with Crippen LogP contribution in [0.15, 0.2) is 30.3 Å². The molecule has 0 saturated carbocycles. The Morgan fingerprint density at radius 1 is 1.37 bits per heavy atom. The first-order valence-corrected chi connectivity index (χ1v) is 6.86. The zero-order valence-electron chi connectivity index (χ0n) is 11.1. The molecule has 1 heterocycles. The van der Waals surface area contributed by atoms with Crippen molar-refractivity contribution in [3.63, 3.8) is 0 Å². The second-order valence-electron chi connectivity index (χ2n) is 4.94. The Morgan fingerprint density at radius 3 is 2.68 bits per heavy atom. The zero-order chi connectivity index (χ0) is 13.5. The van der Waals surface area contributed by atoms with Gasteiger partial charge < -0.3 is 16.0 Å². The molecule has 0 spiro atoms. The number of hydrogen-bond donors (Lipinski definition) is 3. The van der Waals surface area contributed by atoms with Gasteiger partial charge in [0.1, 0.15) is 0 Å². The van der Waals surface area contributed by atoms with Gasteiger partial charge in [-0.15, -0.1) is 0 Å². The number of rotatable bonds is 5. The number of carbonyl (C=O) groups excluding carboxylic acids is 1. The first kappa shape index (κ1) is 13.7. The summed E-state index contributed by atoms with van der Waals surface area (Å²) in [4.78, 5) is 12.2. The SMILES string of the molecule is N=CC[C@H](NC(=O)C1CCNCC1)c1ccccc1. The summed E-state index contributed by atoms with van der Waals surface area (Å²) in [6, 6.07) is 9.79. The Bertz CT molecular complexity index is 413. The fraction of sp³-hybridized carbons (Fsp3) is 0.467. The molecule has 4 heteroatoms. The molecule has 1 atom stereocenters. The van der Waals surface area contributed by atoms with E-state index < -0.39 is 0 Å². The summed E-state index contributed by atoms with van der Waals surface area (Å²) in [7, 11) is 0. The number of nitrogens with one attached hydrogen (secondary N) is 3. The van der Waals surface area contributed by atoms with Crippen molar-refractivity contribution < 1.29 is 4.79 Å². The second-order valence-corrected chi connectivity index (χ2v) is 4.94. The van der Waals surface area contributed by atoms with Crippen LogP contribution in [-0.2, 0) is 4.79 Å². The van der Waals surface area contributed by atoms with Gasteiger partial charge >= 0.3 is 0 Å². The molecule has 1 aliphatic rings. The fourth-order valence-electron chi connectivity index (χ4n) is 2.46. The molecular formula is C15H21N3O. The van der Waals surface area contributed by atoms with E-state index in [1.807, 2.05) is 30.3 Å². The van der Waals surface area contributed by atoms with Crippen molar-refractivity contribution in [3.05, 3.63) is 35.9 Å². The third-order valence-corrected chi connectivity index (χ3v) is 3.58. The van der Waals surface area contributed by atoms with Crippen LogP contribution in [0.5, 0.6) is 0 Å². The molecule has 0 radical (unpaired) electrons. The lowest BCUT2D eigenvalue weighted by molar-refractivity contribution is -0.126. The molecule has 19 heavy (non-hydrogen) atoms. The highest BCUT2D eigenvalue weighted by Gasteiger charge is 2.23. The van der Waals surface area contributed by atoms with Crippen LogP contribution < -0.4 is 10.6 Å². The minimum absolute atomic E-state index is 0.0823. The lowest BCUT2D eigenvalue weighted by Gasteiger charge is -2.25. The molecule has 1 amide bonds. The number of hydrogen-bond acceptors (Lipinski definition) is 3. The van der Waals surface area contributed by atoms with Crippen molar-refractivity contribution in [2.75, 3.05) is 13.1 Å². The van der Waals surface area contributed by atoms with Gasteiger partial charge in [0.15, 0.2) is 0 Å². The maximum atomic E-state index is 12.2. The minimum Gasteiger partial charge on any atom is -0.349 e. The Kier molecular flexibility index (Phi) is 5.10. The maximum absolute atomic E-state index is 12.2. The van der Waals surface area contributed by atoms with Gasteiger partial charge in [0.05, 0.1) is 6.04 Å². The molecule has 0 unspecified atom stereocenters. The number of piperidine rings is 1. The molecule has 1 aromatic rings. The highest BCUT2D eigenvalue weighted by Crippen LogP contribution is 2.18. The van der Waals surface area contributed by atoms with Gasteiger partial charge in [-0.3, -0.25) is 4.79 Å². The molecule has 1 aromatic carbocycles. The molecule has 0 aliphatic carbocycles. The predicted molar refractivity (Wildman–Crippen MR) is 76.3 cm³/mol. The van der Waals surface area contributed by atoms with Crippen LogP contribution in [0.2, 0.25) is 0 Å². The fourth-order valence-corrected chi connectivity index (χ4v) is 2.46. The van der Waals surface area contributed by atoms with Crippen LogP contribution in [-0.4, -0.2) is 25.2 Å². The van der Waals surface area contributed by atoms with Crippen LogP contribution in [0.3, 0.4) is 0 Å². The molecule has 1 aliphatic heterocycles. The predicted octanol–water partition coefficient (Wildman–Crippen LogP) is 1.88. The van der Waals surface area contributed by atoms with E-state index in [4.69, 9.17) is 5.41 Å². The van der Waals surface area contributed by atoms with E-state index in [2.05, 4.69) is 10.6 Å². The highest BCUT2D eigenvalue weighted by atomic mass is 16.1. The van der Waals surface area contributed by atoms with Crippen molar-refractivity contribution in [1.29, 1.82) is 5.41 Å². The Labute approximate surface area is 114 Å². The average Bonchev–Trinajstić information content (AvgIpc) is 2.48. The van der Waals surface area contributed by atoms with E-state index in [1.54, 1.807) is 0 Å². The van der Waals surface area contributed by atoms with E-state index in [0.29, 0.717) is 6.42 Å². The van der Waals surface area contributed by atoms with E-state index in [-0.39, 0.29) is 17.9 Å². The summed E-state index contributed by atoms with van der Waals surface area (Å²) in [5, 5.41) is 13.6. The van der Waals surface area contributed by atoms with Crippen LogP contribution >= 0.6 is 0 Å². The van der Waals surface area contributed by atoms with Crippen LogP contribution in [0.25, 0.3) is 0 Å². The summed E-state index contributed by atoms with van der Waals surface area (Å²) in [6.45, 7) is 1.83. The highest BCUT2D eigenvalue weighted by molar-refractivity contribution is 5.79. The molecule has 2 rings (SSSR count). The van der Waals surface area contributed by atoms with Gasteiger partial charge in [-0.25, -0.2) is 0 Å². The van der Waals surface area contributed by atoms with Gasteiger partial charge in [0.25, 0.3) is 0 Å². The Hall–Kier alpha value is -1.68. The van der Waals surface area contributed by atoms with E-state index in [1.165, 1.54) is 6.21 Å². The van der Waals surface area contributed by atoms with Crippen LogP contribution in [0.1, 0.15) is 30.9 Å². The minimum atomic E-state index is -0.0823. The van der Waals surface area contributed by atoms with Gasteiger partial charge in [-0.05, 0) is 37.7 Å². The van der Waals surface area contributed by atoms with E-state index in [0.717, 1.165) is 31.5 Å². The summed E-state index contributed by atoms with van der Waals surface area (Å²) >= 11 is 0. The summed E-state index contributed by atoms with van der Waals surface area (Å²) in [6.07, 6.45) is 3.71. The molecule has 102 valence electrons. The number of carbonyl (C=O) groups is 1. The molecule has 0 aromatic heterocycles. The van der Waals surface area contributed by atoms with Gasteiger partial charge in [-0.2, -0.15) is 0 Å². The Balaban J connectivity index is 2.00. The normalized spacial score (nSPS) is 17.7. The lowest BCUT2D eigenvalue weighted by Crippen LogP contribution is -2.39. The van der Waals surface area contributed by atoms with E-state index >= 15 is 0 Å². The molecule has 1 fully saturated rings. The quantitative estimate of drug-likeness (QED) is 0.707. The smallest absolute Gasteiger partial charge is 0.223 e. The Morgan fingerprint density at radius 2 is 2.05 bits per heavy atom.